The topological polar surface area (TPSA) is 79.5 Å². The van der Waals surface area contributed by atoms with E-state index in [4.69, 9.17) is 0 Å². The second kappa shape index (κ2) is 9.66. The van der Waals surface area contributed by atoms with Crippen LogP contribution in [0.15, 0.2) is 30.3 Å². The summed E-state index contributed by atoms with van der Waals surface area (Å²) in [5.41, 5.74) is 1.18. The zero-order valence-electron chi connectivity index (χ0n) is 11.6. The van der Waals surface area contributed by atoms with Crippen LogP contribution in [-0.2, 0) is 11.2 Å². The molecule has 1 aromatic rings. The van der Waals surface area contributed by atoms with Gasteiger partial charge in [0.1, 0.15) is 0 Å². The molecule has 0 atom stereocenters. The van der Waals surface area contributed by atoms with Crippen LogP contribution in [0.25, 0.3) is 0 Å². The molecule has 1 rings (SSSR count). The van der Waals surface area contributed by atoms with Crippen molar-refractivity contribution in [1.29, 1.82) is 0 Å². The van der Waals surface area contributed by atoms with Crippen molar-refractivity contribution in [3.63, 3.8) is 0 Å². The summed E-state index contributed by atoms with van der Waals surface area (Å²) in [6.45, 7) is 3.33. The summed E-state index contributed by atoms with van der Waals surface area (Å²) in [5.74, 6) is 0. The van der Waals surface area contributed by atoms with Crippen LogP contribution >= 0.6 is 0 Å². The van der Waals surface area contributed by atoms with E-state index in [9.17, 15) is 9.59 Å². The Morgan fingerprint density at radius 2 is 1.65 bits per heavy atom. The first-order valence-electron chi connectivity index (χ1n) is 6.68. The Morgan fingerprint density at radius 1 is 1.00 bits per heavy atom. The Bertz CT molecular complexity index is 409. The van der Waals surface area contributed by atoms with E-state index in [2.05, 4.69) is 20.7 Å². The Balaban J connectivity index is 2.02. The lowest BCUT2D eigenvalue weighted by molar-refractivity contribution is 0.152. The van der Waals surface area contributed by atoms with Crippen LogP contribution in [0.5, 0.6) is 0 Å². The molecule has 3 N–H and O–H groups in total. The minimum Gasteiger partial charge on any atom is -0.450 e. The lowest BCUT2D eigenvalue weighted by Crippen LogP contribution is -2.41. The van der Waals surface area contributed by atoms with Crippen molar-refractivity contribution in [3.05, 3.63) is 35.9 Å². The van der Waals surface area contributed by atoms with Crippen molar-refractivity contribution < 1.29 is 14.3 Å². The van der Waals surface area contributed by atoms with E-state index in [0.717, 1.165) is 6.42 Å². The van der Waals surface area contributed by atoms with Gasteiger partial charge in [-0.2, -0.15) is 0 Å². The minimum atomic E-state index is -0.473. The first-order valence-corrected chi connectivity index (χ1v) is 6.68. The fourth-order valence-corrected chi connectivity index (χ4v) is 1.55. The molecule has 0 spiro atoms. The average molecular weight is 279 g/mol. The van der Waals surface area contributed by atoms with Crippen LogP contribution in [0.1, 0.15) is 12.5 Å². The van der Waals surface area contributed by atoms with Crippen LogP contribution in [0.3, 0.4) is 0 Å². The van der Waals surface area contributed by atoms with Crippen molar-refractivity contribution in [2.24, 2.45) is 0 Å². The van der Waals surface area contributed by atoms with E-state index in [1.54, 1.807) is 6.92 Å². The predicted octanol–water partition coefficient (Wildman–Crippen LogP) is 1.27. The van der Waals surface area contributed by atoms with E-state index < -0.39 is 6.09 Å². The Kier molecular flexibility index (Phi) is 7.64. The number of carbonyl (C=O) groups excluding carboxylic acids is 2. The van der Waals surface area contributed by atoms with Crippen molar-refractivity contribution >= 4 is 12.1 Å². The summed E-state index contributed by atoms with van der Waals surface area (Å²) in [4.78, 5) is 22.4. The monoisotopic (exact) mass is 279 g/mol. The number of alkyl carbamates (subject to hydrolysis) is 1. The molecule has 0 aliphatic rings. The van der Waals surface area contributed by atoms with E-state index in [0.29, 0.717) is 26.2 Å². The lowest BCUT2D eigenvalue weighted by Gasteiger charge is -2.08. The molecule has 0 saturated carbocycles. The van der Waals surface area contributed by atoms with Gasteiger partial charge in [-0.15, -0.1) is 0 Å². The van der Waals surface area contributed by atoms with Crippen molar-refractivity contribution in [2.45, 2.75) is 13.3 Å². The van der Waals surface area contributed by atoms with Gasteiger partial charge in [0, 0.05) is 19.6 Å². The third-order valence-corrected chi connectivity index (χ3v) is 2.50. The fraction of sp³-hybridized carbons (Fsp3) is 0.429. The number of carbonyl (C=O) groups is 2. The molecule has 0 saturated heterocycles. The summed E-state index contributed by atoms with van der Waals surface area (Å²) in [6.07, 6.45) is 0.314. The molecule has 20 heavy (non-hydrogen) atoms. The van der Waals surface area contributed by atoms with Crippen LogP contribution in [0.2, 0.25) is 0 Å². The third-order valence-electron chi connectivity index (χ3n) is 2.50. The quantitative estimate of drug-likeness (QED) is 0.658. The van der Waals surface area contributed by atoms with Gasteiger partial charge in [-0.25, -0.2) is 9.59 Å². The van der Waals surface area contributed by atoms with Gasteiger partial charge in [-0.3, -0.25) is 0 Å². The highest BCUT2D eigenvalue weighted by molar-refractivity contribution is 5.73. The van der Waals surface area contributed by atoms with Gasteiger partial charge < -0.3 is 20.7 Å². The zero-order valence-corrected chi connectivity index (χ0v) is 11.6. The van der Waals surface area contributed by atoms with Gasteiger partial charge in [0.05, 0.1) is 6.61 Å². The smallest absolute Gasteiger partial charge is 0.407 e. The average Bonchev–Trinajstić information content (AvgIpc) is 2.45. The number of ether oxygens (including phenoxy) is 1. The molecular weight excluding hydrogens is 258 g/mol. The fourth-order valence-electron chi connectivity index (χ4n) is 1.55. The third kappa shape index (κ3) is 7.25. The largest absolute Gasteiger partial charge is 0.450 e. The van der Waals surface area contributed by atoms with Gasteiger partial charge in [-0.1, -0.05) is 30.3 Å². The molecule has 0 aliphatic carbocycles. The normalized spacial score (nSPS) is 9.65. The molecule has 0 unspecified atom stereocenters. The summed E-state index contributed by atoms with van der Waals surface area (Å²) in [5, 5.41) is 7.91. The van der Waals surface area contributed by atoms with Crippen LogP contribution in [0.4, 0.5) is 9.59 Å². The number of urea groups is 1. The number of rotatable bonds is 7. The second-order valence-corrected chi connectivity index (χ2v) is 4.07. The molecule has 6 heteroatoms. The standard InChI is InChI=1S/C14H21N3O3/c1-2-20-14(19)17-11-10-16-13(18)15-9-8-12-6-4-3-5-7-12/h3-7H,2,8-11H2,1H3,(H,17,19)(H2,15,16,18). The van der Waals surface area contributed by atoms with Crippen molar-refractivity contribution in [1.82, 2.24) is 16.0 Å². The molecule has 0 radical (unpaired) electrons. The van der Waals surface area contributed by atoms with E-state index in [1.165, 1.54) is 5.56 Å². The SMILES string of the molecule is CCOC(=O)NCCNC(=O)NCCc1ccccc1. The van der Waals surface area contributed by atoms with Crippen molar-refractivity contribution in [2.75, 3.05) is 26.2 Å². The molecule has 0 fully saturated rings. The number of amides is 3. The molecular formula is C14H21N3O3. The first-order chi connectivity index (χ1) is 9.72. The van der Waals surface area contributed by atoms with Crippen LogP contribution < -0.4 is 16.0 Å². The molecule has 0 aromatic heterocycles. The predicted molar refractivity (Wildman–Crippen MR) is 76.6 cm³/mol. The number of nitrogens with one attached hydrogen (secondary N) is 3. The minimum absolute atomic E-state index is 0.244. The molecule has 0 aliphatic heterocycles. The van der Waals surface area contributed by atoms with Crippen LogP contribution in [0, 0.1) is 0 Å². The highest BCUT2D eigenvalue weighted by Crippen LogP contribution is 1.97. The lowest BCUT2D eigenvalue weighted by atomic mass is 10.1. The van der Waals surface area contributed by atoms with E-state index in [-0.39, 0.29) is 6.03 Å². The van der Waals surface area contributed by atoms with Crippen LogP contribution in [-0.4, -0.2) is 38.4 Å². The zero-order chi connectivity index (χ0) is 14.6. The highest BCUT2D eigenvalue weighted by Gasteiger charge is 2.01. The van der Waals surface area contributed by atoms with Gasteiger partial charge in [0.15, 0.2) is 0 Å². The second-order valence-electron chi connectivity index (χ2n) is 4.07. The van der Waals surface area contributed by atoms with Gasteiger partial charge in [0.25, 0.3) is 0 Å². The van der Waals surface area contributed by atoms with Gasteiger partial charge in [0.2, 0.25) is 0 Å². The number of hydrogen-bond donors (Lipinski definition) is 3. The number of benzene rings is 1. The van der Waals surface area contributed by atoms with Crippen molar-refractivity contribution in [3.8, 4) is 0 Å². The molecule has 6 nitrogen and oxygen atoms in total. The molecule has 0 heterocycles. The maximum Gasteiger partial charge on any atom is 0.407 e. The maximum atomic E-state index is 11.4. The molecule has 1 aromatic carbocycles. The molecule has 110 valence electrons. The van der Waals surface area contributed by atoms with E-state index >= 15 is 0 Å². The summed E-state index contributed by atoms with van der Waals surface area (Å²) >= 11 is 0. The molecule has 3 amide bonds. The summed E-state index contributed by atoms with van der Waals surface area (Å²) < 4.78 is 4.68. The van der Waals surface area contributed by atoms with Gasteiger partial charge in [-0.05, 0) is 18.9 Å². The molecule has 0 bridgehead atoms. The van der Waals surface area contributed by atoms with Gasteiger partial charge >= 0.3 is 12.1 Å². The highest BCUT2D eigenvalue weighted by atomic mass is 16.5. The Hall–Kier alpha value is -2.24. The summed E-state index contributed by atoms with van der Waals surface area (Å²) in [6, 6.07) is 9.69. The first kappa shape index (κ1) is 15.8. The maximum absolute atomic E-state index is 11.4. The Labute approximate surface area is 118 Å². The number of hydrogen-bond acceptors (Lipinski definition) is 3. The Morgan fingerprint density at radius 3 is 2.35 bits per heavy atom. The van der Waals surface area contributed by atoms with E-state index in [1.807, 2.05) is 30.3 Å². The summed E-state index contributed by atoms with van der Waals surface area (Å²) in [7, 11) is 0.